The summed E-state index contributed by atoms with van der Waals surface area (Å²) in [6.45, 7) is 1.68. The number of rotatable bonds is 8. The third-order valence-electron chi connectivity index (χ3n) is 5.76. The van der Waals surface area contributed by atoms with Crippen molar-refractivity contribution >= 4 is 26.8 Å². The maximum atomic E-state index is 12.8. The number of nitrogens with one attached hydrogen (secondary N) is 2. The van der Waals surface area contributed by atoms with Crippen molar-refractivity contribution in [1.82, 2.24) is 19.2 Å². The van der Waals surface area contributed by atoms with Crippen molar-refractivity contribution in [2.45, 2.75) is 25.3 Å². The van der Waals surface area contributed by atoms with Gasteiger partial charge in [0.1, 0.15) is 0 Å². The lowest BCUT2D eigenvalue weighted by molar-refractivity contribution is -0.121. The monoisotopic (exact) mass is 486 g/mol. The van der Waals surface area contributed by atoms with Gasteiger partial charge in [0.05, 0.1) is 29.9 Å². The first-order valence-electron chi connectivity index (χ1n) is 11.0. The molecule has 2 heterocycles. The largest absolute Gasteiger partial charge is 0.379 e. The molecular formula is C23H26N4O6S. The van der Waals surface area contributed by atoms with Crippen LogP contribution in [0.15, 0.2) is 58.1 Å². The molecule has 0 atom stereocenters. The van der Waals surface area contributed by atoms with Crippen molar-refractivity contribution in [3.63, 3.8) is 0 Å². The third-order valence-corrected chi connectivity index (χ3v) is 7.59. The fourth-order valence-corrected chi connectivity index (χ4v) is 5.51. The van der Waals surface area contributed by atoms with Gasteiger partial charge in [-0.25, -0.2) is 13.2 Å². The quantitative estimate of drug-likeness (QED) is 0.478. The highest BCUT2D eigenvalue weighted by Gasteiger charge is 2.25. The zero-order valence-electron chi connectivity index (χ0n) is 18.5. The Hall–Kier alpha value is -3.28. The molecule has 4 rings (SSSR count). The number of benzene rings is 2. The van der Waals surface area contributed by atoms with Crippen molar-refractivity contribution < 1.29 is 17.9 Å². The second-order valence-electron chi connectivity index (χ2n) is 7.99. The van der Waals surface area contributed by atoms with Crippen molar-refractivity contribution in [3.05, 3.63) is 80.5 Å². The number of para-hydroxylation sites is 1. The summed E-state index contributed by atoms with van der Waals surface area (Å²) in [6.07, 6.45) is 0.0180. The number of sulfonamides is 1. The first-order valence-corrected chi connectivity index (χ1v) is 12.6. The molecule has 0 bridgehead atoms. The van der Waals surface area contributed by atoms with Crippen LogP contribution in [-0.4, -0.2) is 54.5 Å². The topological polar surface area (TPSA) is 131 Å². The van der Waals surface area contributed by atoms with Gasteiger partial charge in [-0.15, -0.1) is 0 Å². The van der Waals surface area contributed by atoms with E-state index in [0.29, 0.717) is 48.3 Å². The molecule has 1 saturated heterocycles. The molecule has 1 aliphatic heterocycles. The van der Waals surface area contributed by atoms with E-state index >= 15 is 0 Å². The fourth-order valence-electron chi connectivity index (χ4n) is 3.94. The Morgan fingerprint density at radius 3 is 2.44 bits per heavy atom. The number of aromatic nitrogens is 2. The van der Waals surface area contributed by atoms with E-state index in [1.807, 2.05) is 0 Å². The molecular weight excluding hydrogens is 460 g/mol. The molecule has 0 aliphatic carbocycles. The van der Waals surface area contributed by atoms with Crippen molar-refractivity contribution in [2.75, 3.05) is 26.3 Å². The van der Waals surface area contributed by atoms with Crippen LogP contribution in [0.5, 0.6) is 0 Å². The smallest absolute Gasteiger partial charge is 0.328 e. The van der Waals surface area contributed by atoms with Crippen molar-refractivity contribution in [2.24, 2.45) is 0 Å². The number of hydrogen-bond acceptors (Lipinski definition) is 6. The molecule has 1 fully saturated rings. The minimum atomic E-state index is -3.50. The van der Waals surface area contributed by atoms with Gasteiger partial charge < -0.3 is 10.1 Å². The number of carbonyl (C=O) groups is 1. The van der Waals surface area contributed by atoms with E-state index in [-0.39, 0.29) is 31.2 Å². The number of carbonyl (C=O) groups excluding carboxylic acids is 1. The normalized spacial score (nSPS) is 14.8. The van der Waals surface area contributed by atoms with Gasteiger partial charge >= 0.3 is 5.69 Å². The number of aromatic amines is 1. The average Bonchev–Trinajstić information content (AvgIpc) is 2.84. The standard InChI is InChI=1S/C23H26N4O6S/c28-21(9-10-27-20-8-4-3-7-19(20)22(29)25-23(27)30)24-15-17-5-1-2-6-18(17)16-34(31,32)26-11-13-33-14-12-26/h1-8H,9-16H2,(H,24,28)(H,25,29,30). The molecule has 0 radical (unpaired) electrons. The number of morpholine rings is 1. The number of nitrogens with zero attached hydrogens (tertiary/aromatic N) is 2. The van der Waals surface area contributed by atoms with E-state index in [2.05, 4.69) is 10.3 Å². The molecule has 0 spiro atoms. The van der Waals surface area contributed by atoms with Gasteiger partial charge in [-0.1, -0.05) is 36.4 Å². The molecule has 180 valence electrons. The van der Waals surface area contributed by atoms with Crippen LogP contribution < -0.4 is 16.6 Å². The summed E-state index contributed by atoms with van der Waals surface area (Å²) in [5.41, 5.74) is 0.749. The number of H-pyrrole nitrogens is 1. The van der Waals surface area contributed by atoms with Crippen LogP contribution in [0.1, 0.15) is 17.5 Å². The summed E-state index contributed by atoms with van der Waals surface area (Å²) < 4.78 is 33.6. The fraction of sp³-hybridized carbons (Fsp3) is 0.348. The number of hydrogen-bond donors (Lipinski definition) is 2. The number of ether oxygens (including phenoxy) is 1. The maximum Gasteiger partial charge on any atom is 0.328 e. The Kier molecular flexibility index (Phi) is 7.25. The summed E-state index contributed by atoms with van der Waals surface area (Å²) in [6, 6.07) is 13.8. The van der Waals surface area contributed by atoms with Gasteiger partial charge in [-0.3, -0.25) is 19.1 Å². The van der Waals surface area contributed by atoms with E-state index in [1.165, 1.54) is 8.87 Å². The van der Waals surface area contributed by atoms with E-state index in [0.717, 1.165) is 0 Å². The lowest BCUT2D eigenvalue weighted by atomic mass is 10.1. The molecule has 11 heteroatoms. The van der Waals surface area contributed by atoms with Crippen LogP contribution in [0.4, 0.5) is 0 Å². The van der Waals surface area contributed by atoms with Gasteiger partial charge in [0, 0.05) is 32.6 Å². The zero-order chi connectivity index (χ0) is 24.1. The van der Waals surface area contributed by atoms with E-state index < -0.39 is 21.3 Å². The molecule has 1 aliphatic rings. The molecule has 1 amide bonds. The van der Waals surface area contributed by atoms with Gasteiger partial charge in [0.25, 0.3) is 5.56 Å². The summed E-state index contributed by atoms with van der Waals surface area (Å²) in [7, 11) is -3.50. The van der Waals surface area contributed by atoms with Crippen LogP contribution in [0.2, 0.25) is 0 Å². The Morgan fingerprint density at radius 2 is 1.68 bits per heavy atom. The first-order chi connectivity index (χ1) is 16.3. The molecule has 3 aromatic rings. The maximum absolute atomic E-state index is 12.8. The van der Waals surface area contributed by atoms with Crippen molar-refractivity contribution in [3.8, 4) is 0 Å². The van der Waals surface area contributed by atoms with Gasteiger partial charge in [0.15, 0.2) is 0 Å². The van der Waals surface area contributed by atoms with Crippen LogP contribution in [-0.2, 0) is 38.4 Å². The van der Waals surface area contributed by atoms with Gasteiger partial charge in [0.2, 0.25) is 15.9 Å². The highest BCUT2D eigenvalue weighted by atomic mass is 32.2. The second kappa shape index (κ2) is 10.3. The highest BCUT2D eigenvalue weighted by Crippen LogP contribution is 2.17. The molecule has 2 aromatic carbocycles. The van der Waals surface area contributed by atoms with E-state index in [1.54, 1.807) is 48.5 Å². The zero-order valence-corrected chi connectivity index (χ0v) is 19.3. The van der Waals surface area contributed by atoms with Crippen LogP contribution in [0.25, 0.3) is 10.9 Å². The summed E-state index contributed by atoms with van der Waals surface area (Å²) >= 11 is 0. The minimum Gasteiger partial charge on any atom is -0.379 e. The average molecular weight is 487 g/mol. The van der Waals surface area contributed by atoms with Crippen LogP contribution >= 0.6 is 0 Å². The molecule has 2 N–H and O–H groups in total. The second-order valence-corrected chi connectivity index (χ2v) is 9.96. The summed E-state index contributed by atoms with van der Waals surface area (Å²) in [4.78, 5) is 39.0. The van der Waals surface area contributed by atoms with E-state index in [9.17, 15) is 22.8 Å². The summed E-state index contributed by atoms with van der Waals surface area (Å²) in [5.74, 6) is -0.453. The predicted octanol–water partition coefficient (Wildman–Crippen LogP) is 0.558. The molecule has 34 heavy (non-hydrogen) atoms. The Labute approximate surface area is 196 Å². The molecule has 0 unspecified atom stereocenters. The number of fused-ring (bicyclic) bond motifs is 1. The third kappa shape index (κ3) is 5.44. The SMILES string of the molecule is O=C(CCn1c(=O)[nH]c(=O)c2ccccc21)NCc1ccccc1CS(=O)(=O)N1CCOCC1. The Balaban J connectivity index is 1.40. The van der Waals surface area contributed by atoms with E-state index in [4.69, 9.17) is 4.74 Å². The lowest BCUT2D eigenvalue weighted by Crippen LogP contribution is -2.41. The number of aryl methyl sites for hydroxylation is 1. The van der Waals surface area contributed by atoms with Crippen LogP contribution in [0.3, 0.4) is 0 Å². The van der Waals surface area contributed by atoms with Crippen molar-refractivity contribution in [1.29, 1.82) is 0 Å². The molecule has 0 saturated carbocycles. The Morgan fingerprint density at radius 1 is 1.00 bits per heavy atom. The predicted molar refractivity (Wildman–Crippen MR) is 127 cm³/mol. The molecule has 10 nitrogen and oxygen atoms in total. The lowest BCUT2D eigenvalue weighted by Gasteiger charge is -2.26. The number of amides is 1. The highest BCUT2D eigenvalue weighted by molar-refractivity contribution is 7.88. The van der Waals surface area contributed by atoms with Gasteiger partial charge in [-0.2, -0.15) is 4.31 Å². The minimum absolute atomic E-state index is 0.0180. The van der Waals surface area contributed by atoms with Crippen LogP contribution in [0, 0.1) is 0 Å². The van der Waals surface area contributed by atoms with Gasteiger partial charge in [-0.05, 0) is 23.3 Å². The Bertz CT molecular complexity index is 1410. The summed E-state index contributed by atoms with van der Waals surface area (Å²) in [5, 5.41) is 3.17. The molecule has 1 aromatic heterocycles. The first kappa shape index (κ1) is 23.9.